The zero-order valence-corrected chi connectivity index (χ0v) is 15.3. The van der Waals surface area contributed by atoms with Crippen molar-refractivity contribution in [2.45, 2.75) is 23.8 Å². The predicted molar refractivity (Wildman–Crippen MR) is 94.3 cm³/mol. The third kappa shape index (κ3) is 3.74. The van der Waals surface area contributed by atoms with Crippen molar-refractivity contribution >= 4 is 34.8 Å². The molecule has 0 bridgehead atoms. The van der Waals surface area contributed by atoms with E-state index in [4.69, 9.17) is 10.5 Å². The molecule has 1 aromatic carbocycles. The topological polar surface area (TPSA) is 142 Å². The molecule has 2 aliphatic rings. The van der Waals surface area contributed by atoms with Crippen LogP contribution in [0.3, 0.4) is 0 Å². The summed E-state index contributed by atoms with van der Waals surface area (Å²) in [7, 11) is 0. The van der Waals surface area contributed by atoms with E-state index in [9.17, 15) is 23.7 Å². The van der Waals surface area contributed by atoms with Gasteiger partial charge < -0.3 is 15.0 Å². The number of carbonyl (C=O) groups is 4. The molecule has 2 heterocycles. The van der Waals surface area contributed by atoms with Crippen LogP contribution in [0.25, 0.3) is 0 Å². The molecule has 3 N–H and O–H groups in total. The van der Waals surface area contributed by atoms with E-state index in [1.807, 2.05) is 0 Å². The van der Waals surface area contributed by atoms with Gasteiger partial charge in [-0.3, -0.25) is 29.4 Å². The SMILES string of the molecule is NCCOCC[S+]([O-])c1cccc2c1C(=O)N(C1CCC(=O)NC1=O)C2=O. The van der Waals surface area contributed by atoms with E-state index in [2.05, 4.69) is 5.32 Å². The van der Waals surface area contributed by atoms with Gasteiger partial charge in [0.1, 0.15) is 17.4 Å². The van der Waals surface area contributed by atoms with Crippen molar-refractivity contribution in [2.24, 2.45) is 5.73 Å². The summed E-state index contributed by atoms with van der Waals surface area (Å²) in [5.74, 6) is -2.26. The maximum Gasteiger partial charge on any atom is 0.267 e. The molecule has 1 aromatic rings. The molecule has 2 unspecified atom stereocenters. The lowest BCUT2D eigenvalue weighted by atomic mass is 10.0. The maximum atomic E-state index is 12.9. The van der Waals surface area contributed by atoms with Crippen molar-refractivity contribution in [1.82, 2.24) is 10.2 Å². The van der Waals surface area contributed by atoms with Gasteiger partial charge in [0.25, 0.3) is 11.8 Å². The first-order valence-electron chi connectivity index (χ1n) is 8.46. The normalized spacial score (nSPS) is 20.7. The second kappa shape index (κ2) is 8.17. The highest BCUT2D eigenvalue weighted by Crippen LogP contribution is 2.32. The van der Waals surface area contributed by atoms with Gasteiger partial charge in [0.15, 0.2) is 4.90 Å². The summed E-state index contributed by atoms with van der Waals surface area (Å²) in [5.41, 5.74) is 5.48. The number of piperidine rings is 1. The third-order valence-corrected chi connectivity index (χ3v) is 5.72. The molecule has 144 valence electrons. The standard InChI is InChI=1S/C17H19N3O6S/c18-6-7-26-8-9-27(25)12-3-1-2-10-14(12)17(24)20(16(10)23)11-4-5-13(21)19-15(11)22/h1-3,11H,4-9,18H2,(H,19,21,22). The van der Waals surface area contributed by atoms with Gasteiger partial charge in [-0.15, -0.1) is 0 Å². The smallest absolute Gasteiger partial charge is 0.267 e. The Morgan fingerprint density at radius 3 is 2.70 bits per heavy atom. The Morgan fingerprint density at radius 1 is 1.22 bits per heavy atom. The second-order valence-corrected chi connectivity index (χ2v) is 7.62. The van der Waals surface area contributed by atoms with Crippen LogP contribution in [0.1, 0.15) is 33.6 Å². The van der Waals surface area contributed by atoms with E-state index in [1.165, 1.54) is 12.1 Å². The van der Waals surface area contributed by atoms with Gasteiger partial charge in [-0.05, 0) is 29.7 Å². The average molecular weight is 393 g/mol. The van der Waals surface area contributed by atoms with Crippen molar-refractivity contribution in [3.8, 4) is 0 Å². The molecular formula is C17H19N3O6S. The summed E-state index contributed by atoms with van der Waals surface area (Å²) in [6, 6.07) is 3.49. The highest BCUT2D eigenvalue weighted by atomic mass is 32.2. The van der Waals surface area contributed by atoms with Gasteiger partial charge in [-0.25, -0.2) is 0 Å². The molecule has 3 rings (SSSR count). The molecule has 27 heavy (non-hydrogen) atoms. The lowest BCUT2D eigenvalue weighted by Crippen LogP contribution is -2.54. The van der Waals surface area contributed by atoms with Crippen LogP contribution in [-0.2, 0) is 25.5 Å². The van der Waals surface area contributed by atoms with Gasteiger partial charge in [0, 0.05) is 13.0 Å². The Bertz CT molecular complexity index is 799. The number of amides is 4. The van der Waals surface area contributed by atoms with Gasteiger partial charge >= 0.3 is 0 Å². The highest BCUT2D eigenvalue weighted by molar-refractivity contribution is 7.91. The van der Waals surface area contributed by atoms with E-state index in [-0.39, 0.29) is 41.2 Å². The molecule has 0 spiro atoms. The summed E-state index contributed by atoms with van der Waals surface area (Å²) in [5, 5.41) is 2.14. The molecule has 2 atom stereocenters. The monoisotopic (exact) mass is 393 g/mol. The number of benzene rings is 1. The zero-order valence-electron chi connectivity index (χ0n) is 14.4. The van der Waals surface area contributed by atoms with Crippen molar-refractivity contribution in [1.29, 1.82) is 0 Å². The minimum Gasteiger partial charge on any atom is -0.611 e. The predicted octanol–water partition coefficient (Wildman–Crippen LogP) is -0.829. The number of hydrogen-bond acceptors (Lipinski definition) is 7. The fourth-order valence-corrected chi connectivity index (χ4v) is 4.25. The second-order valence-electron chi connectivity index (χ2n) is 6.08. The quantitative estimate of drug-likeness (QED) is 0.350. The van der Waals surface area contributed by atoms with Crippen LogP contribution in [0.5, 0.6) is 0 Å². The minimum absolute atomic E-state index is 0.0427. The number of nitrogens with zero attached hydrogens (tertiary/aromatic N) is 1. The fourth-order valence-electron chi connectivity index (χ4n) is 3.10. The summed E-state index contributed by atoms with van der Waals surface area (Å²) < 4.78 is 17.8. The molecule has 2 aliphatic heterocycles. The number of ether oxygens (including phenoxy) is 1. The lowest BCUT2D eigenvalue weighted by molar-refractivity contribution is -0.136. The number of fused-ring (bicyclic) bond motifs is 1. The molecule has 0 saturated carbocycles. The van der Waals surface area contributed by atoms with Gasteiger partial charge in [-0.1, -0.05) is 6.07 Å². The summed E-state index contributed by atoms with van der Waals surface area (Å²) >= 11 is -1.56. The fraction of sp³-hybridized carbons (Fsp3) is 0.412. The van der Waals surface area contributed by atoms with E-state index in [0.29, 0.717) is 13.2 Å². The van der Waals surface area contributed by atoms with Crippen LogP contribution < -0.4 is 11.1 Å². The number of hydrogen-bond donors (Lipinski definition) is 2. The Kier molecular flexibility index (Phi) is 5.90. The molecular weight excluding hydrogens is 374 g/mol. The number of nitrogens with two attached hydrogens (primary N) is 1. The Morgan fingerprint density at radius 2 is 2.00 bits per heavy atom. The van der Waals surface area contributed by atoms with E-state index < -0.39 is 40.8 Å². The first-order chi connectivity index (χ1) is 13.0. The van der Waals surface area contributed by atoms with Crippen molar-refractivity contribution < 1.29 is 28.5 Å². The summed E-state index contributed by atoms with van der Waals surface area (Å²) in [6.07, 6.45) is 0.114. The average Bonchev–Trinajstić information content (AvgIpc) is 2.90. The first-order valence-corrected chi connectivity index (χ1v) is 9.78. The van der Waals surface area contributed by atoms with Gasteiger partial charge in [-0.2, -0.15) is 0 Å². The molecule has 0 radical (unpaired) electrons. The third-order valence-electron chi connectivity index (χ3n) is 4.35. The highest BCUT2D eigenvalue weighted by Gasteiger charge is 2.47. The van der Waals surface area contributed by atoms with Gasteiger partial charge in [0.2, 0.25) is 11.8 Å². The Labute approximate surface area is 158 Å². The van der Waals surface area contributed by atoms with Crippen LogP contribution >= 0.6 is 0 Å². The summed E-state index contributed by atoms with van der Waals surface area (Å²) in [6.45, 7) is 0.887. The van der Waals surface area contributed by atoms with E-state index in [1.54, 1.807) is 6.07 Å². The molecule has 1 fully saturated rings. The molecule has 0 aromatic heterocycles. The van der Waals surface area contributed by atoms with Crippen LogP contribution in [0.15, 0.2) is 23.1 Å². The minimum atomic E-state index is -1.56. The first kappa shape index (κ1) is 19.5. The Balaban J connectivity index is 1.84. The van der Waals surface area contributed by atoms with Crippen LogP contribution in [-0.4, -0.2) is 64.6 Å². The van der Waals surface area contributed by atoms with Crippen molar-refractivity contribution in [3.63, 3.8) is 0 Å². The largest absolute Gasteiger partial charge is 0.611 e. The summed E-state index contributed by atoms with van der Waals surface area (Å²) in [4.78, 5) is 50.1. The van der Waals surface area contributed by atoms with Crippen molar-refractivity contribution in [3.05, 3.63) is 29.3 Å². The number of rotatable bonds is 7. The van der Waals surface area contributed by atoms with Gasteiger partial charge in [0.05, 0.1) is 18.8 Å². The Hall–Kier alpha value is -2.27. The molecule has 10 heteroatoms. The van der Waals surface area contributed by atoms with E-state index in [0.717, 1.165) is 4.90 Å². The number of carbonyl (C=O) groups excluding carboxylic acids is 4. The molecule has 1 saturated heterocycles. The molecule has 0 aliphatic carbocycles. The van der Waals surface area contributed by atoms with Crippen LogP contribution in [0.2, 0.25) is 0 Å². The number of nitrogens with one attached hydrogen (secondary N) is 1. The zero-order chi connectivity index (χ0) is 19.6. The lowest BCUT2D eigenvalue weighted by Gasteiger charge is -2.27. The van der Waals surface area contributed by atoms with Crippen molar-refractivity contribution in [2.75, 3.05) is 25.5 Å². The molecule has 9 nitrogen and oxygen atoms in total. The van der Waals surface area contributed by atoms with Crippen LogP contribution in [0.4, 0.5) is 0 Å². The van der Waals surface area contributed by atoms with Crippen LogP contribution in [0, 0.1) is 0 Å². The maximum absolute atomic E-state index is 12.9. The molecule has 4 amide bonds. The van der Waals surface area contributed by atoms with E-state index >= 15 is 0 Å². The number of imide groups is 2.